The lowest BCUT2D eigenvalue weighted by molar-refractivity contribution is 0.675. The molecule has 0 aromatic carbocycles. The largest absolute Gasteiger partial charge is 0.359 e. The Kier molecular flexibility index (Phi) is 4.36. The number of hydrogen-bond acceptors (Lipinski definition) is 3. The van der Waals surface area contributed by atoms with Crippen molar-refractivity contribution in [3.05, 3.63) is 11.3 Å². The Morgan fingerprint density at radius 2 is 2.12 bits per heavy atom. The lowest BCUT2D eigenvalue weighted by atomic mass is 10.2. The highest BCUT2D eigenvalue weighted by Gasteiger charge is 2.15. The smallest absolute Gasteiger partial charge is 0.144 e. The van der Waals surface area contributed by atoms with Crippen molar-refractivity contribution >= 4 is 5.82 Å². The summed E-state index contributed by atoms with van der Waals surface area (Å²) in [5.41, 5.74) is 1.50. The Morgan fingerprint density at radius 1 is 1.44 bits per heavy atom. The van der Waals surface area contributed by atoms with Crippen LogP contribution in [0.5, 0.6) is 0 Å². The summed E-state index contributed by atoms with van der Waals surface area (Å²) in [6, 6.07) is 2.23. The molecule has 4 heteroatoms. The summed E-state index contributed by atoms with van der Waals surface area (Å²) in [6.45, 7) is 5.04. The van der Waals surface area contributed by atoms with Crippen LogP contribution in [0.2, 0.25) is 0 Å². The molecule has 16 heavy (non-hydrogen) atoms. The molecule has 0 aliphatic rings. The third-order valence-corrected chi connectivity index (χ3v) is 2.76. The van der Waals surface area contributed by atoms with Crippen LogP contribution in [0.25, 0.3) is 0 Å². The van der Waals surface area contributed by atoms with E-state index in [1.807, 2.05) is 21.0 Å². The van der Waals surface area contributed by atoms with Crippen molar-refractivity contribution in [1.29, 1.82) is 5.26 Å². The molecule has 1 aromatic heterocycles. The minimum Gasteiger partial charge on any atom is -0.359 e. The van der Waals surface area contributed by atoms with E-state index in [9.17, 15) is 0 Å². The van der Waals surface area contributed by atoms with E-state index < -0.39 is 0 Å². The van der Waals surface area contributed by atoms with Gasteiger partial charge in [-0.1, -0.05) is 19.8 Å². The van der Waals surface area contributed by atoms with E-state index in [0.717, 1.165) is 24.5 Å². The van der Waals surface area contributed by atoms with Gasteiger partial charge in [-0.3, -0.25) is 4.68 Å². The number of anilines is 1. The summed E-state index contributed by atoms with van der Waals surface area (Å²) in [5.74, 6) is 0.927. The maximum absolute atomic E-state index is 9.10. The first-order valence-electron chi connectivity index (χ1n) is 5.76. The van der Waals surface area contributed by atoms with Gasteiger partial charge in [-0.2, -0.15) is 10.4 Å². The van der Waals surface area contributed by atoms with Crippen molar-refractivity contribution in [2.24, 2.45) is 7.05 Å². The van der Waals surface area contributed by atoms with Gasteiger partial charge in [0, 0.05) is 20.6 Å². The highest BCUT2D eigenvalue weighted by molar-refractivity contribution is 5.56. The van der Waals surface area contributed by atoms with Gasteiger partial charge >= 0.3 is 0 Å². The molecule has 0 atom stereocenters. The van der Waals surface area contributed by atoms with Crippen LogP contribution >= 0.6 is 0 Å². The highest BCUT2D eigenvalue weighted by atomic mass is 15.4. The molecule has 0 spiro atoms. The van der Waals surface area contributed by atoms with Gasteiger partial charge in [0.25, 0.3) is 0 Å². The summed E-state index contributed by atoms with van der Waals surface area (Å²) in [7, 11) is 3.91. The van der Waals surface area contributed by atoms with Crippen LogP contribution in [-0.4, -0.2) is 23.4 Å². The van der Waals surface area contributed by atoms with Crippen molar-refractivity contribution in [3.63, 3.8) is 0 Å². The maximum Gasteiger partial charge on any atom is 0.144 e. The van der Waals surface area contributed by atoms with Gasteiger partial charge in [-0.05, 0) is 13.3 Å². The second-order valence-electron chi connectivity index (χ2n) is 4.15. The molecule has 0 saturated carbocycles. The monoisotopic (exact) mass is 220 g/mol. The average Bonchev–Trinajstić information content (AvgIpc) is 2.53. The van der Waals surface area contributed by atoms with Crippen LogP contribution in [0.15, 0.2) is 0 Å². The third kappa shape index (κ3) is 2.54. The topological polar surface area (TPSA) is 44.9 Å². The fraction of sp³-hybridized carbons (Fsp3) is 0.667. The molecule has 0 fully saturated rings. The summed E-state index contributed by atoms with van der Waals surface area (Å²) in [4.78, 5) is 2.12. The zero-order valence-corrected chi connectivity index (χ0v) is 10.6. The minimum atomic E-state index is 0.696. The van der Waals surface area contributed by atoms with E-state index in [4.69, 9.17) is 5.26 Å². The molecule has 4 nitrogen and oxygen atoms in total. The second-order valence-corrected chi connectivity index (χ2v) is 4.15. The number of aryl methyl sites for hydroxylation is 2. The van der Waals surface area contributed by atoms with Crippen molar-refractivity contribution in [2.45, 2.75) is 33.1 Å². The Labute approximate surface area is 97.5 Å². The Morgan fingerprint density at radius 3 is 2.69 bits per heavy atom. The van der Waals surface area contributed by atoms with Gasteiger partial charge in [0.05, 0.1) is 5.69 Å². The summed E-state index contributed by atoms with van der Waals surface area (Å²) in [6.07, 6.45) is 3.59. The maximum atomic E-state index is 9.10. The molecule has 0 aliphatic carbocycles. The number of unbranched alkanes of at least 4 members (excludes halogenated alkanes) is 2. The molecule has 1 rings (SSSR count). The van der Waals surface area contributed by atoms with E-state index in [0.29, 0.717) is 5.56 Å². The summed E-state index contributed by atoms with van der Waals surface area (Å²) >= 11 is 0. The second kappa shape index (κ2) is 5.55. The molecule has 0 radical (unpaired) electrons. The van der Waals surface area contributed by atoms with Gasteiger partial charge in [-0.15, -0.1) is 0 Å². The van der Waals surface area contributed by atoms with Gasteiger partial charge in [0.2, 0.25) is 0 Å². The van der Waals surface area contributed by atoms with Gasteiger partial charge in [-0.25, -0.2) is 0 Å². The fourth-order valence-electron chi connectivity index (χ4n) is 1.92. The Hall–Kier alpha value is -1.50. The van der Waals surface area contributed by atoms with Crippen LogP contribution in [0.1, 0.15) is 37.4 Å². The van der Waals surface area contributed by atoms with E-state index in [1.165, 1.54) is 12.8 Å². The number of hydrogen-bond donors (Lipinski definition) is 0. The minimum absolute atomic E-state index is 0.696. The fourth-order valence-corrected chi connectivity index (χ4v) is 1.92. The van der Waals surface area contributed by atoms with Gasteiger partial charge in [0.15, 0.2) is 0 Å². The zero-order chi connectivity index (χ0) is 12.1. The molecule has 1 aromatic rings. The van der Waals surface area contributed by atoms with Crippen LogP contribution in [-0.2, 0) is 7.05 Å². The lowest BCUT2D eigenvalue weighted by Gasteiger charge is -2.19. The quantitative estimate of drug-likeness (QED) is 0.715. The Balaban J connectivity index is 2.82. The van der Waals surface area contributed by atoms with Crippen molar-refractivity contribution in [2.75, 3.05) is 18.5 Å². The van der Waals surface area contributed by atoms with Crippen molar-refractivity contribution < 1.29 is 0 Å². The van der Waals surface area contributed by atoms with Crippen molar-refractivity contribution in [3.8, 4) is 6.07 Å². The normalized spacial score (nSPS) is 10.2. The first kappa shape index (κ1) is 12.6. The molecular formula is C12H20N4. The summed E-state index contributed by atoms with van der Waals surface area (Å²) < 4.78 is 1.79. The highest BCUT2D eigenvalue weighted by Crippen LogP contribution is 2.21. The van der Waals surface area contributed by atoms with Crippen LogP contribution in [0, 0.1) is 18.3 Å². The zero-order valence-electron chi connectivity index (χ0n) is 10.6. The predicted molar refractivity (Wildman–Crippen MR) is 65.5 cm³/mol. The first-order valence-corrected chi connectivity index (χ1v) is 5.76. The molecular weight excluding hydrogens is 200 g/mol. The van der Waals surface area contributed by atoms with Crippen molar-refractivity contribution in [1.82, 2.24) is 9.78 Å². The SMILES string of the molecule is CCCCCN(C)c1c(C#N)c(C)nn1C. The molecule has 0 N–H and O–H groups in total. The molecule has 88 valence electrons. The predicted octanol–water partition coefficient (Wildman–Crippen LogP) is 2.23. The first-order chi connectivity index (χ1) is 7.61. The number of nitrogens with zero attached hydrogens (tertiary/aromatic N) is 4. The standard InChI is InChI=1S/C12H20N4/c1-5-6-7-8-15(3)12-11(9-13)10(2)14-16(12)4/h5-8H2,1-4H3. The molecule has 0 amide bonds. The lowest BCUT2D eigenvalue weighted by Crippen LogP contribution is -2.22. The Bertz CT molecular complexity index is 386. The number of rotatable bonds is 5. The van der Waals surface area contributed by atoms with Crippen LogP contribution in [0.4, 0.5) is 5.82 Å². The molecule has 1 heterocycles. The molecule has 0 saturated heterocycles. The number of aromatic nitrogens is 2. The van der Waals surface area contributed by atoms with E-state index in [1.54, 1.807) is 4.68 Å². The van der Waals surface area contributed by atoms with E-state index >= 15 is 0 Å². The number of nitriles is 1. The van der Waals surface area contributed by atoms with Crippen LogP contribution < -0.4 is 4.90 Å². The third-order valence-electron chi connectivity index (χ3n) is 2.76. The van der Waals surface area contributed by atoms with E-state index in [-0.39, 0.29) is 0 Å². The van der Waals surface area contributed by atoms with E-state index in [2.05, 4.69) is 23.0 Å². The molecule has 0 bridgehead atoms. The molecule has 0 unspecified atom stereocenters. The van der Waals surface area contributed by atoms with Gasteiger partial charge in [0.1, 0.15) is 17.5 Å². The molecule has 0 aliphatic heterocycles. The summed E-state index contributed by atoms with van der Waals surface area (Å²) in [5, 5.41) is 13.4. The van der Waals surface area contributed by atoms with Crippen LogP contribution in [0.3, 0.4) is 0 Å². The average molecular weight is 220 g/mol. The van der Waals surface area contributed by atoms with Gasteiger partial charge < -0.3 is 4.90 Å².